The van der Waals surface area contributed by atoms with Gasteiger partial charge in [0.1, 0.15) is 0 Å². The van der Waals surface area contributed by atoms with E-state index < -0.39 is 0 Å². The number of hydrogen-bond donors (Lipinski definition) is 1. The second kappa shape index (κ2) is 6.77. The van der Waals surface area contributed by atoms with Crippen LogP contribution in [0.25, 0.3) is 0 Å². The van der Waals surface area contributed by atoms with E-state index in [0.717, 1.165) is 32.4 Å². The molecule has 1 saturated heterocycles. The Hall–Kier alpha value is -0.730. The van der Waals surface area contributed by atoms with Crippen LogP contribution in [0.4, 0.5) is 4.79 Å². The Balaban J connectivity index is 2.32. The predicted octanol–water partition coefficient (Wildman–Crippen LogP) is 3.01. The Morgan fingerprint density at radius 3 is 2.19 bits per heavy atom. The monoisotopic (exact) mass is 226 g/mol. The largest absolute Gasteiger partial charge is 0.336 e. The zero-order chi connectivity index (χ0) is 12.0. The molecule has 0 spiro atoms. The van der Waals surface area contributed by atoms with E-state index in [0.29, 0.717) is 5.92 Å². The molecule has 2 amide bonds. The van der Waals surface area contributed by atoms with Crippen molar-refractivity contribution in [2.75, 3.05) is 13.1 Å². The van der Waals surface area contributed by atoms with E-state index in [-0.39, 0.29) is 12.1 Å². The van der Waals surface area contributed by atoms with Crippen LogP contribution in [-0.4, -0.2) is 30.1 Å². The molecule has 0 aromatic heterocycles. The Labute approximate surface area is 99.6 Å². The highest BCUT2D eigenvalue weighted by molar-refractivity contribution is 5.74. The van der Waals surface area contributed by atoms with Gasteiger partial charge in [0.15, 0.2) is 0 Å². The summed E-state index contributed by atoms with van der Waals surface area (Å²) in [5.74, 6) is 0.638. The summed E-state index contributed by atoms with van der Waals surface area (Å²) in [6.45, 7) is 8.33. The molecule has 0 saturated carbocycles. The van der Waals surface area contributed by atoms with Crippen LogP contribution in [0.3, 0.4) is 0 Å². The second-order valence-corrected chi connectivity index (χ2v) is 5.38. The molecular formula is C13H26N2O. The zero-order valence-corrected chi connectivity index (χ0v) is 11.0. The smallest absolute Gasteiger partial charge is 0.317 e. The fourth-order valence-electron chi connectivity index (χ4n) is 2.34. The molecule has 1 heterocycles. The van der Waals surface area contributed by atoms with Crippen molar-refractivity contribution in [3.8, 4) is 0 Å². The average molecular weight is 226 g/mol. The molecule has 1 N–H and O–H groups in total. The summed E-state index contributed by atoms with van der Waals surface area (Å²) in [6, 6.07) is 0.422. The van der Waals surface area contributed by atoms with Gasteiger partial charge in [-0.25, -0.2) is 4.79 Å². The summed E-state index contributed by atoms with van der Waals surface area (Å²) in [4.78, 5) is 13.9. The molecule has 94 valence electrons. The quantitative estimate of drug-likeness (QED) is 0.788. The highest BCUT2D eigenvalue weighted by Crippen LogP contribution is 2.10. The lowest BCUT2D eigenvalue weighted by molar-refractivity contribution is 0.195. The zero-order valence-electron chi connectivity index (χ0n) is 11.0. The van der Waals surface area contributed by atoms with Crippen LogP contribution in [0.15, 0.2) is 0 Å². The predicted molar refractivity (Wildman–Crippen MR) is 67.5 cm³/mol. The first-order valence-corrected chi connectivity index (χ1v) is 6.65. The van der Waals surface area contributed by atoms with Crippen molar-refractivity contribution >= 4 is 6.03 Å². The number of hydrogen-bond acceptors (Lipinski definition) is 1. The summed E-state index contributed by atoms with van der Waals surface area (Å²) >= 11 is 0. The lowest BCUT2D eigenvalue weighted by Gasteiger charge is -2.24. The molecule has 0 radical (unpaired) electrons. The van der Waals surface area contributed by atoms with Gasteiger partial charge in [-0.05, 0) is 32.1 Å². The van der Waals surface area contributed by atoms with Gasteiger partial charge in [-0.2, -0.15) is 0 Å². The van der Waals surface area contributed by atoms with Crippen molar-refractivity contribution in [1.29, 1.82) is 0 Å². The Kier molecular flexibility index (Phi) is 5.64. The lowest BCUT2D eigenvalue weighted by atomic mass is 10.1. The van der Waals surface area contributed by atoms with Crippen LogP contribution in [-0.2, 0) is 0 Å². The molecular weight excluding hydrogens is 200 g/mol. The van der Waals surface area contributed by atoms with Crippen molar-refractivity contribution in [1.82, 2.24) is 10.2 Å². The molecule has 1 rings (SSSR count). The van der Waals surface area contributed by atoms with Gasteiger partial charge in [-0.15, -0.1) is 0 Å². The van der Waals surface area contributed by atoms with Crippen molar-refractivity contribution < 1.29 is 4.79 Å². The van der Waals surface area contributed by atoms with Crippen LogP contribution in [0, 0.1) is 5.92 Å². The van der Waals surface area contributed by atoms with Crippen LogP contribution >= 0.6 is 0 Å². The van der Waals surface area contributed by atoms with Crippen LogP contribution < -0.4 is 5.32 Å². The molecule has 0 bridgehead atoms. The Morgan fingerprint density at radius 2 is 1.69 bits per heavy atom. The van der Waals surface area contributed by atoms with Crippen molar-refractivity contribution in [2.24, 2.45) is 5.92 Å². The number of nitrogens with zero attached hydrogens (tertiary/aromatic N) is 1. The Bertz CT molecular complexity index is 208. The van der Waals surface area contributed by atoms with Gasteiger partial charge >= 0.3 is 6.03 Å². The summed E-state index contributed by atoms with van der Waals surface area (Å²) in [6.07, 6.45) is 5.91. The fraction of sp³-hybridized carbons (Fsp3) is 0.923. The highest BCUT2D eigenvalue weighted by Gasteiger charge is 2.17. The maximum Gasteiger partial charge on any atom is 0.317 e. The molecule has 1 atom stereocenters. The van der Waals surface area contributed by atoms with Crippen LogP contribution in [0.2, 0.25) is 0 Å². The van der Waals surface area contributed by atoms with Gasteiger partial charge < -0.3 is 10.2 Å². The second-order valence-electron chi connectivity index (χ2n) is 5.38. The summed E-state index contributed by atoms with van der Waals surface area (Å²) < 4.78 is 0. The maximum absolute atomic E-state index is 12.0. The molecule has 3 heteroatoms. The first-order chi connectivity index (χ1) is 7.59. The molecule has 0 aromatic carbocycles. The molecule has 16 heavy (non-hydrogen) atoms. The van der Waals surface area contributed by atoms with Gasteiger partial charge in [-0.3, -0.25) is 0 Å². The average Bonchev–Trinajstić information content (AvgIpc) is 2.43. The maximum atomic E-state index is 12.0. The van der Waals surface area contributed by atoms with Crippen molar-refractivity contribution in [3.63, 3.8) is 0 Å². The first kappa shape index (κ1) is 13.3. The molecule has 3 nitrogen and oxygen atoms in total. The van der Waals surface area contributed by atoms with Crippen LogP contribution in [0.5, 0.6) is 0 Å². The summed E-state index contributed by atoms with van der Waals surface area (Å²) in [7, 11) is 0. The summed E-state index contributed by atoms with van der Waals surface area (Å²) in [5.41, 5.74) is 0. The van der Waals surface area contributed by atoms with Gasteiger partial charge in [0.05, 0.1) is 0 Å². The van der Waals surface area contributed by atoms with Crippen molar-refractivity contribution in [2.45, 2.75) is 58.9 Å². The van der Waals surface area contributed by atoms with E-state index in [1.165, 1.54) is 12.8 Å². The third-order valence-corrected chi connectivity index (χ3v) is 3.09. The number of carbonyl (C=O) groups is 1. The topological polar surface area (TPSA) is 32.3 Å². The molecule has 1 fully saturated rings. The highest BCUT2D eigenvalue weighted by atomic mass is 16.2. The molecule has 0 aromatic rings. The third-order valence-electron chi connectivity index (χ3n) is 3.09. The van der Waals surface area contributed by atoms with Gasteiger partial charge in [0.2, 0.25) is 0 Å². The lowest BCUT2D eigenvalue weighted by Crippen LogP contribution is -2.44. The molecule has 0 aliphatic carbocycles. The number of likely N-dealkylation sites (tertiary alicyclic amines) is 1. The number of nitrogens with one attached hydrogen (secondary N) is 1. The van der Waals surface area contributed by atoms with Gasteiger partial charge in [0, 0.05) is 19.1 Å². The number of rotatable bonds is 3. The standard InChI is InChI=1S/C13H26N2O/c1-11(2)10-12(3)14-13(16)15-8-6-4-5-7-9-15/h11-12H,4-10H2,1-3H3,(H,14,16). The third kappa shape index (κ3) is 4.86. The molecule has 1 unspecified atom stereocenters. The van der Waals surface area contributed by atoms with E-state index in [4.69, 9.17) is 0 Å². The minimum atomic E-state index is 0.134. The van der Waals surface area contributed by atoms with E-state index in [1.54, 1.807) is 0 Å². The van der Waals surface area contributed by atoms with Crippen LogP contribution in [0.1, 0.15) is 52.9 Å². The molecule has 1 aliphatic heterocycles. The summed E-state index contributed by atoms with van der Waals surface area (Å²) in [5, 5.41) is 3.10. The first-order valence-electron chi connectivity index (χ1n) is 6.65. The van der Waals surface area contributed by atoms with Gasteiger partial charge in [-0.1, -0.05) is 26.7 Å². The van der Waals surface area contributed by atoms with Crippen molar-refractivity contribution in [3.05, 3.63) is 0 Å². The number of urea groups is 1. The minimum Gasteiger partial charge on any atom is -0.336 e. The Morgan fingerprint density at radius 1 is 1.12 bits per heavy atom. The fourth-order valence-corrected chi connectivity index (χ4v) is 2.34. The number of carbonyl (C=O) groups excluding carboxylic acids is 1. The molecule has 1 aliphatic rings. The SMILES string of the molecule is CC(C)CC(C)NC(=O)N1CCCCCC1. The minimum absolute atomic E-state index is 0.134. The van der Waals surface area contributed by atoms with E-state index in [1.807, 2.05) is 4.90 Å². The number of amides is 2. The van der Waals surface area contributed by atoms with E-state index in [9.17, 15) is 4.79 Å². The van der Waals surface area contributed by atoms with E-state index >= 15 is 0 Å². The van der Waals surface area contributed by atoms with Gasteiger partial charge in [0.25, 0.3) is 0 Å². The normalized spacial score (nSPS) is 19.4. The van der Waals surface area contributed by atoms with E-state index in [2.05, 4.69) is 26.1 Å².